The first-order valence-corrected chi connectivity index (χ1v) is 4.54. The van der Waals surface area contributed by atoms with Crippen molar-refractivity contribution in [2.75, 3.05) is 14.1 Å². The third kappa shape index (κ3) is 2.85. The molecule has 1 atom stereocenters. The van der Waals surface area contributed by atoms with E-state index in [0.29, 0.717) is 0 Å². The lowest BCUT2D eigenvalue weighted by Crippen LogP contribution is -2.23. The summed E-state index contributed by atoms with van der Waals surface area (Å²) in [4.78, 5) is 12.8. The Hall–Kier alpha value is -1.35. The molecule has 0 aromatic heterocycles. The number of hydrogen-bond donors (Lipinski definition) is 1. The van der Waals surface area contributed by atoms with E-state index in [-0.39, 0.29) is 12.3 Å². The van der Waals surface area contributed by atoms with Crippen LogP contribution in [0.3, 0.4) is 0 Å². The minimum Gasteiger partial charge on any atom is -0.388 e. The maximum Gasteiger partial charge on any atom is 0.225 e. The van der Waals surface area contributed by atoms with Crippen molar-refractivity contribution in [3.05, 3.63) is 35.9 Å². The number of amides is 1. The number of carbonyl (C=O) groups excluding carboxylic acids is 1. The quantitative estimate of drug-likeness (QED) is 0.783. The lowest BCUT2D eigenvalue weighted by Gasteiger charge is -2.14. The first-order valence-electron chi connectivity index (χ1n) is 4.54. The minimum absolute atomic E-state index is 0.0682. The van der Waals surface area contributed by atoms with Crippen LogP contribution in [-0.4, -0.2) is 30.0 Å². The van der Waals surface area contributed by atoms with E-state index in [0.717, 1.165) is 5.56 Å². The second-order valence-electron chi connectivity index (χ2n) is 3.42. The first-order chi connectivity index (χ1) is 6.61. The smallest absolute Gasteiger partial charge is 0.225 e. The number of benzene rings is 1. The molecular formula is C11H15NO2. The lowest BCUT2D eigenvalue weighted by molar-refractivity contribution is -0.130. The number of rotatable bonds is 3. The van der Waals surface area contributed by atoms with E-state index in [9.17, 15) is 9.90 Å². The SMILES string of the molecule is CN(C)C(=O)C[C@@H](O)c1ccccc1. The van der Waals surface area contributed by atoms with Crippen molar-refractivity contribution in [1.29, 1.82) is 0 Å². The second kappa shape index (κ2) is 4.77. The summed E-state index contributed by atoms with van der Waals surface area (Å²) in [7, 11) is 3.36. The van der Waals surface area contributed by atoms with Crippen LogP contribution in [0.25, 0.3) is 0 Å². The molecule has 0 saturated heterocycles. The lowest BCUT2D eigenvalue weighted by atomic mass is 10.1. The molecule has 3 heteroatoms. The fourth-order valence-electron chi connectivity index (χ4n) is 1.14. The molecule has 0 aliphatic carbocycles. The van der Waals surface area contributed by atoms with Crippen molar-refractivity contribution in [2.45, 2.75) is 12.5 Å². The minimum atomic E-state index is -0.703. The Kier molecular flexibility index (Phi) is 3.65. The van der Waals surface area contributed by atoms with Gasteiger partial charge in [-0.3, -0.25) is 4.79 Å². The van der Waals surface area contributed by atoms with E-state index in [1.165, 1.54) is 4.90 Å². The van der Waals surface area contributed by atoms with Gasteiger partial charge in [0.25, 0.3) is 0 Å². The summed E-state index contributed by atoms with van der Waals surface area (Å²) in [6.45, 7) is 0. The summed E-state index contributed by atoms with van der Waals surface area (Å²) in [5.74, 6) is -0.0682. The maximum atomic E-state index is 11.3. The Labute approximate surface area is 84.0 Å². The Balaban J connectivity index is 2.59. The van der Waals surface area contributed by atoms with Gasteiger partial charge < -0.3 is 10.0 Å². The van der Waals surface area contributed by atoms with Crippen LogP contribution in [0, 0.1) is 0 Å². The van der Waals surface area contributed by atoms with Crippen LogP contribution >= 0.6 is 0 Å². The summed E-state index contributed by atoms with van der Waals surface area (Å²) in [6, 6.07) is 9.20. The topological polar surface area (TPSA) is 40.5 Å². The fourth-order valence-corrected chi connectivity index (χ4v) is 1.14. The molecule has 3 nitrogen and oxygen atoms in total. The highest BCUT2D eigenvalue weighted by molar-refractivity contribution is 5.76. The second-order valence-corrected chi connectivity index (χ2v) is 3.42. The van der Waals surface area contributed by atoms with Crippen LogP contribution in [-0.2, 0) is 4.79 Å². The van der Waals surface area contributed by atoms with Crippen LogP contribution in [0.5, 0.6) is 0 Å². The van der Waals surface area contributed by atoms with Gasteiger partial charge in [0.15, 0.2) is 0 Å². The summed E-state index contributed by atoms with van der Waals surface area (Å²) < 4.78 is 0. The average Bonchev–Trinajstić information content (AvgIpc) is 2.19. The number of aliphatic hydroxyl groups excluding tert-OH is 1. The van der Waals surface area contributed by atoms with Crippen LogP contribution in [0.2, 0.25) is 0 Å². The van der Waals surface area contributed by atoms with Crippen molar-refractivity contribution in [3.8, 4) is 0 Å². The third-order valence-electron chi connectivity index (χ3n) is 2.05. The molecule has 1 aromatic rings. The van der Waals surface area contributed by atoms with Gasteiger partial charge in [0.05, 0.1) is 12.5 Å². The van der Waals surface area contributed by atoms with Crippen molar-refractivity contribution in [2.24, 2.45) is 0 Å². The van der Waals surface area contributed by atoms with Crippen LogP contribution in [0.4, 0.5) is 0 Å². The first kappa shape index (κ1) is 10.7. The number of hydrogen-bond acceptors (Lipinski definition) is 2. The molecule has 1 rings (SSSR count). The summed E-state index contributed by atoms with van der Waals surface area (Å²) in [6.07, 6.45) is -0.567. The molecule has 1 amide bonds. The zero-order valence-corrected chi connectivity index (χ0v) is 8.47. The molecule has 0 unspecified atom stereocenters. The van der Waals surface area contributed by atoms with E-state index < -0.39 is 6.10 Å². The molecule has 1 aromatic carbocycles. The van der Waals surface area contributed by atoms with Crippen LogP contribution in [0.1, 0.15) is 18.1 Å². The Bertz CT molecular complexity index is 295. The monoisotopic (exact) mass is 193 g/mol. The molecule has 0 aliphatic rings. The molecule has 76 valence electrons. The van der Waals surface area contributed by atoms with Gasteiger partial charge in [-0.1, -0.05) is 30.3 Å². The van der Waals surface area contributed by atoms with Crippen molar-refractivity contribution >= 4 is 5.91 Å². The van der Waals surface area contributed by atoms with Crippen LogP contribution < -0.4 is 0 Å². The predicted molar refractivity (Wildman–Crippen MR) is 54.7 cm³/mol. The number of aliphatic hydroxyl groups is 1. The van der Waals surface area contributed by atoms with E-state index in [1.54, 1.807) is 14.1 Å². The van der Waals surface area contributed by atoms with Crippen molar-refractivity contribution in [1.82, 2.24) is 4.90 Å². The molecule has 0 spiro atoms. The molecule has 0 heterocycles. The van der Waals surface area contributed by atoms with Gasteiger partial charge in [-0.25, -0.2) is 0 Å². The highest BCUT2D eigenvalue weighted by Crippen LogP contribution is 2.16. The van der Waals surface area contributed by atoms with Crippen LogP contribution in [0.15, 0.2) is 30.3 Å². The summed E-state index contributed by atoms with van der Waals surface area (Å²) >= 11 is 0. The normalized spacial score (nSPS) is 12.2. The number of carbonyl (C=O) groups is 1. The molecule has 0 radical (unpaired) electrons. The van der Waals surface area contributed by atoms with Gasteiger partial charge in [-0.15, -0.1) is 0 Å². The Morgan fingerprint density at radius 2 is 1.93 bits per heavy atom. The zero-order chi connectivity index (χ0) is 10.6. The van der Waals surface area contributed by atoms with Gasteiger partial charge in [-0.2, -0.15) is 0 Å². The van der Waals surface area contributed by atoms with Crippen molar-refractivity contribution < 1.29 is 9.90 Å². The molecule has 0 saturated carbocycles. The van der Waals surface area contributed by atoms with Gasteiger partial charge in [-0.05, 0) is 5.56 Å². The molecule has 14 heavy (non-hydrogen) atoms. The molecule has 0 aliphatic heterocycles. The largest absolute Gasteiger partial charge is 0.388 e. The van der Waals surface area contributed by atoms with E-state index >= 15 is 0 Å². The fraction of sp³-hybridized carbons (Fsp3) is 0.364. The Morgan fingerprint density at radius 3 is 2.43 bits per heavy atom. The van der Waals surface area contributed by atoms with Gasteiger partial charge in [0, 0.05) is 14.1 Å². The summed E-state index contributed by atoms with van der Waals surface area (Å²) in [5, 5.41) is 9.69. The average molecular weight is 193 g/mol. The zero-order valence-electron chi connectivity index (χ0n) is 8.47. The maximum absolute atomic E-state index is 11.3. The highest BCUT2D eigenvalue weighted by atomic mass is 16.3. The Morgan fingerprint density at radius 1 is 1.36 bits per heavy atom. The molecular weight excluding hydrogens is 178 g/mol. The van der Waals surface area contributed by atoms with Crippen molar-refractivity contribution in [3.63, 3.8) is 0 Å². The molecule has 1 N–H and O–H groups in total. The number of nitrogens with zero attached hydrogens (tertiary/aromatic N) is 1. The van der Waals surface area contributed by atoms with Gasteiger partial charge >= 0.3 is 0 Å². The van der Waals surface area contributed by atoms with E-state index in [1.807, 2.05) is 30.3 Å². The van der Waals surface area contributed by atoms with E-state index in [2.05, 4.69) is 0 Å². The van der Waals surface area contributed by atoms with E-state index in [4.69, 9.17) is 0 Å². The molecule has 0 fully saturated rings. The standard InChI is InChI=1S/C11H15NO2/c1-12(2)11(14)8-10(13)9-6-4-3-5-7-9/h3-7,10,13H,8H2,1-2H3/t10-/m1/s1. The summed E-state index contributed by atoms with van der Waals surface area (Å²) in [5.41, 5.74) is 0.780. The molecule has 0 bridgehead atoms. The van der Waals surface area contributed by atoms with Gasteiger partial charge in [0.1, 0.15) is 0 Å². The predicted octanol–water partition coefficient (Wildman–Crippen LogP) is 1.20. The van der Waals surface area contributed by atoms with Gasteiger partial charge in [0.2, 0.25) is 5.91 Å². The third-order valence-corrected chi connectivity index (χ3v) is 2.05. The highest BCUT2D eigenvalue weighted by Gasteiger charge is 2.13.